The number of benzene rings is 2. The molecule has 0 aliphatic carbocycles. The molecule has 3 rings (SSSR count). The molecule has 146 valence electrons. The molecule has 0 unspecified atom stereocenters. The summed E-state index contributed by atoms with van der Waals surface area (Å²) in [4.78, 5) is 37.5. The maximum absolute atomic E-state index is 12.7. The van der Waals surface area contributed by atoms with Gasteiger partial charge in [-0.1, -0.05) is 35.3 Å². The highest BCUT2D eigenvalue weighted by Crippen LogP contribution is 2.31. The third-order valence-corrected chi connectivity index (χ3v) is 4.78. The van der Waals surface area contributed by atoms with Crippen LogP contribution < -0.4 is 5.32 Å². The van der Waals surface area contributed by atoms with Crippen LogP contribution in [0.25, 0.3) is 0 Å². The average molecular weight is 431 g/mol. The van der Waals surface area contributed by atoms with Crippen molar-refractivity contribution >= 4 is 40.9 Å². The van der Waals surface area contributed by atoms with Gasteiger partial charge < -0.3 is 5.32 Å². The van der Waals surface area contributed by atoms with Crippen molar-refractivity contribution in [3.8, 4) is 0 Å². The summed E-state index contributed by atoms with van der Waals surface area (Å²) in [5.74, 6) is -2.11. The summed E-state index contributed by atoms with van der Waals surface area (Å²) in [6.45, 7) is -0.774. The van der Waals surface area contributed by atoms with E-state index >= 15 is 0 Å². The first kappa shape index (κ1) is 20.2. The molecule has 1 N–H and O–H groups in total. The fourth-order valence-corrected chi connectivity index (χ4v) is 3.01. The molecule has 2 aromatic carbocycles. The maximum atomic E-state index is 12.7. The summed E-state index contributed by atoms with van der Waals surface area (Å²) in [5.41, 5.74) is -0.549. The third-order valence-electron chi connectivity index (χ3n) is 4.06. The van der Waals surface area contributed by atoms with Crippen LogP contribution in [-0.4, -0.2) is 29.2 Å². The molecule has 10 heteroatoms. The van der Waals surface area contributed by atoms with Gasteiger partial charge in [0.1, 0.15) is 6.54 Å². The highest BCUT2D eigenvalue weighted by Gasteiger charge is 2.37. The first-order valence-corrected chi connectivity index (χ1v) is 8.61. The number of nitrogens with one attached hydrogen (secondary N) is 1. The zero-order chi connectivity index (χ0) is 20.6. The highest BCUT2D eigenvalue weighted by atomic mass is 35.5. The number of rotatable bonds is 4. The maximum Gasteiger partial charge on any atom is 0.416 e. The summed E-state index contributed by atoms with van der Waals surface area (Å²) < 4.78 is 38.2. The Kier molecular flexibility index (Phi) is 5.36. The van der Waals surface area contributed by atoms with Crippen LogP contribution in [0, 0.1) is 0 Å². The molecule has 0 radical (unpaired) electrons. The SMILES string of the molecule is O=C(CN1C(=O)c2cc(Cl)c(Cl)cc2C1=O)NCc1cccc(C(F)(F)F)c1. The Hall–Kier alpha value is -2.58. The Morgan fingerprint density at radius 2 is 1.57 bits per heavy atom. The van der Waals surface area contributed by atoms with E-state index in [1.54, 1.807) is 0 Å². The van der Waals surface area contributed by atoms with Gasteiger partial charge >= 0.3 is 6.18 Å². The molecular formula is C18H11Cl2F3N2O3. The molecule has 1 aliphatic rings. The predicted octanol–water partition coefficient (Wildman–Crippen LogP) is 3.92. The number of fused-ring (bicyclic) bond motifs is 1. The molecule has 0 spiro atoms. The Morgan fingerprint density at radius 1 is 1.00 bits per heavy atom. The zero-order valence-corrected chi connectivity index (χ0v) is 15.5. The minimum Gasteiger partial charge on any atom is -0.350 e. The van der Waals surface area contributed by atoms with Crippen LogP contribution in [0.3, 0.4) is 0 Å². The molecule has 28 heavy (non-hydrogen) atoms. The first-order valence-electron chi connectivity index (χ1n) is 7.86. The lowest BCUT2D eigenvalue weighted by molar-refractivity contribution is -0.137. The van der Waals surface area contributed by atoms with Gasteiger partial charge in [0.2, 0.25) is 5.91 Å². The van der Waals surface area contributed by atoms with Crippen LogP contribution in [0.15, 0.2) is 36.4 Å². The molecule has 0 fully saturated rings. The monoisotopic (exact) mass is 430 g/mol. The van der Waals surface area contributed by atoms with Gasteiger partial charge in [-0.2, -0.15) is 13.2 Å². The number of alkyl halides is 3. The van der Waals surface area contributed by atoms with E-state index in [-0.39, 0.29) is 33.3 Å². The van der Waals surface area contributed by atoms with Gasteiger partial charge in [-0.05, 0) is 29.8 Å². The molecular weight excluding hydrogens is 420 g/mol. The van der Waals surface area contributed by atoms with E-state index < -0.39 is 36.0 Å². The van der Waals surface area contributed by atoms with E-state index in [0.717, 1.165) is 17.0 Å². The van der Waals surface area contributed by atoms with E-state index in [2.05, 4.69) is 5.32 Å². The van der Waals surface area contributed by atoms with Gasteiger partial charge in [-0.15, -0.1) is 0 Å². The molecule has 0 atom stereocenters. The second-order valence-electron chi connectivity index (χ2n) is 5.98. The Morgan fingerprint density at radius 3 is 2.11 bits per heavy atom. The van der Waals surface area contributed by atoms with E-state index in [1.165, 1.54) is 24.3 Å². The topological polar surface area (TPSA) is 66.5 Å². The molecule has 1 aliphatic heterocycles. The lowest BCUT2D eigenvalue weighted by Crippen LogP contribution is -2.40. The number of carbonyl (C=O) groups is 3. The van der Waals surface area contributed by atoms with Crippen molar-refractivity contribution in [1.29, 1.82) is 0 Å². The molecule has 0 bridgehead atoms. The summed E-state index contributed by atoms with van der Waals surface area (Å²) >= 11 is 11.7. The fourth-order valence-electron chi connectivity index (χ4n) is 2.69. The Labute approximate surface area is 167 Å². The van der Waals surface area contributed by atoms with E-state index in [0.29, 0.717) is 0 Å². The van der Waals surface area contributed by atoms with E-state index in [9.17, 15) is 27.6 Å². The summed E-state index contributed by atoms with van der Waals surface area (Å²) in [7, 11) is 0. The van der Waals surface area contributed by atoms with Gasteiger partial charge in [0.05, 0.1) is 26.7 Å². The standard InChI is InChI=1S/C18H11Cl2F3N2O3/c19-13-5-11-12(6-14(13)20)17(28)25(16(11)27)8-15(26)24-7-9-2-1-3-10(4-9)18(21,22)23/h1-6H,7-8H2,(H,24,26). The molecule has 1 heterocycles. The van der Waals surface area contributed by atoms with Crippen LogP contribution in [0.5, 0.6) is 0 Å². The van der Waals surface area contributed by atoms with E-state index in [1.807, 2.05) is 0 Å². The minimum atomic E-state index is -4.50. The smallest absolute Gasteiger partial charge is 0.350 e. The first-order chi connectivity index (χ1) is 13.1. The summed E-state index contributed by atoms with van der Waals surface area (Å²) in [6.07, 6.45) is -4.50. The molecule has 0 aromatic heterocycles. The number of amides is 3. The molecule has 0 saturated carbocycles. The van der Waals surface area contributed by atoms with Crippen LogP contribution >= 0.6 is 23.2 Å². The van der Waals surface area contributed by atoms with Gasteiger partial charge in [-0.25, -0.2) is 0 Å². The lowest BCUT2D eigenvalue weighted by atomic mass is 10.1. The second-order valence-corrected chi connectivity index (χ2v) is 6.80. The molecule has 0 saturated heterocycles. The molecule has 3 amide bonds. The van der Waals surface area contributed by atoms with Crippen molar-refractivity contribution in [3.63, 3.8) is 0 Å². The Balaban J connectivity index is 1.66. The summed E-state index contributed by atoms with van der Waals surface area (Å²) in [6, 6.07) is 6.97. The zero-order valence-electron chi connectivity index (χ0n) is 13.9. The fraction of sp³-hybridized carbons (Fsp3) is 0.167. The van der Waals surface area contributed by atoms with Gasteiger partial charge in [0.15, 0.2) is 0 Å². The van der Waals surface area contributed by atoms with Crippen LogP contribution in [0.1, 0.15) is 31.8 Å². The number of hydrogen-bond acceptors (Lipinski definition) is 3. The van der Waals surface area contributed by atoms with E-state index in [4.69, 9.17) is 23.2 Å². The minimum absolute atomic E-state index is 0.0325. The van der Waals surface area contributed by atoms with Crippen molar-refractivity contribution in [2.45, 2.75) is 12.7 Å². The second kappa shape index (κ2) is 7.44. The van der Waals surface area contributed by atoms with Gasteiger partial charge in [-0.3, -0.25) is 19.3 Å². The quantitative estimate of drug-likeness (QED) is 0.747. The Bertz CT molecular complexity index is 952. The normalized spacial score (nSPS) is 13.7. The van der Waals surface area contributed by atoms with Crippen molar-refractivity contribution in [3.05, 3.63) is 68.7 Å². The van der Waals surface area contributed by atoms with Crippen LogP contribution in [0.2, 0.25) is 10.0 Å². The number of halogens is 5. The van der Waals surface area contributed by atoms with Crippen LogP contribution in [0.4, 0.5) is 13.2 Å². The average Bonchev–Trinajstić information content (AvgIpc) is 2.85. The van der Waals surface area contributed by atoms with Crippen molar-refractivity contribution in [1.82, 2.24) is 10.2 Å². The number of carbonyl (C=O) groups excluding carboxylic acids is 3. The molecule has 2 aromatic rings. The molecule has 5 nitrogen and oxygen atoms in total. The van der Waals surface area contributed by atoms with Crippen molar-refractivity contribution < 1.29 is 27.6 Å². The number of nitrogens with zero attached hydrogens (tertiary/aromatic N) is 1. The van der Waals surface area contributed by atoms with Crippen molar-refractivity contribution in [2.24, 2.45) is 0 Å². The summed E-state index contributed by atoms with van der Waals surface area (Å²) in [5, 5.41) is 2.58. The van der Waals surface area contributed by atoms with Gasteiger partial charge in [0.25, 0.3) is 11.8 Å². The number of hydrogen-bond donors (Lipinski definition) is 1. The number of imide groups is 1. The van der Waals surface area contributed by atoms with Crippen molar-refractivity contribution in [2.75, 3.05) is 6.54 Å². The predicted molar refractivity (Wildman–Crippen MR) is 95.1 cm³/mol. The third kappa shape index (κ3) is 3.98. The highest BCUT2D eigenvalue weighted by molar-refractivity contribution is 6.43. The lowest BCUT2D eigenvalue weighted by Gasteiger charge is -2.14. The largest absolute Gasteiger partial charge is 0.416 e. The van der Waals surface area contributed by atoms with Gasteiger partial charge in [0, 0.05) is 6.54 Å². The van der Waals surface area contributed by atoms with Crippen LogP contribution in [-0.2, 0) is 17.5 Å².